The summed E-state index contributed by atoms with van der Waals surface area (Å²) in [6.07, 6.45) is -4.73. The van der Waals surface area contributed by atoms with Gasteiger partial charge in [0.05, 0.1) is 0 Å². The van der Waals surface area contributed by atoms with Crippen molar-refractivity contribution < 1.29 is 27.8 Å². The summed E-state index contributed by atoms with van der Waals surface area (Å²) in [5.41, 5.74) is 0.398. The van der Waals surface area contributed by atoms with Gasteiger partial charge >= 0.3 is 12.3 Å². The Morgan fingerprint density at radius 1 is 1.33 bits per heavy atom. The lowest BCUT2D eigenvalue weighted by molar-refractivity contribution is -0.274. The summed E-state index contributed by atoms with van der Waals surface area (Å²) in [6, 6.07) is 3.99. The van der Waals surface area contributed by atoms with Gasteiger partial charge < -0.3 is 15.2 Å². The normalized spacial score (nSPS) is 12.2. The van der Waals surface area contributed by atoms with E-state index < -0.39 is 18.4 Å². The molecule has 1 aromatic rings. The summed E-state index contributed by atoms with van der Waals surface area (Å²) in [4.78, 5) is 10.5. The Morgan fingerprint density at radius 3 is 2.22 bits per heavy atom. The fourth-order valence-corrected chi connectivity index (χ4v) is 1.06. The van der Waals surface area contributed by atoms with Crippen molar-refractivity contribution in [3.8, 4) is 5.75 Å². The zero-order valence-corrected chi connectivity index (χ0v) is 10.0. The largest absolute Gasteiger partial charge is 0.573 e. The monoisotopic (exact) mass is 285 g/mol. The van der Waals surface area contributed by atoms with Gasteiger partial charge in [-0.3, -0.25) is 4.79 Å². The summed E-state index contributed by atoms with van der Waals surface area (Å²) >= 11 is 0. The smallest absolute Gasteiger partial charge is 0.480 e. The number of hydrogen-bond acceptors (Lipinski definition) is 3. The van der Waals surface area contributed by atoms with Crippen LogP contribution in [0.1, 0.15) is 6.92 Å². The second-order valence-electron chi connectivity index (χ2n) is 3.28. The number of ether oxygens (including phenoxy) is 1. The highest BCUT2D eigenvalue weighted by atomic mass is 35.5. The number of alkyl halides is 3. The Hall–Kier alpha value is -1.63. The van der Waals surface area contributed by atoms with Gasteiger partial charge in [0.25, 0.3) is 0 Å². The van der Waals surface area contributed by atoms with Crippen LogP contribution in [0.2, 0.25) is 0 Å². The van der Waals surface area contributed by atoms with Crippen LogP contribution in [0.5, 0.6) is 5.75 Å². The molecule has 0 aliphatic heterocycles. The van der Waals surface area contributed by atoms with Crippen molar-refractivity contribution in [1.29, 1.82) is 0 Å². The maximum absolute atomic E-state index is 11.8. The van der Waals surface area contributed by atoms with Gasteiger partial charge in [0, 0.05) is 5.69 Å². The molecule has 1 atom stereocenters. The number of carboxylic acids is 1. The predicted octanol–water partition coefficient (Wildman–Crippen LogP) is 2.89. The van der Waals surface area contributed by atoms with Gasteiger partial charge in [0.2, 0.25) is 0 Å². The first-order valence-electron chi connectivity index (χ1n) is 4.63. The number of halogens is 4. The van der Waals surface area contributed by atoms with E-state index in [1.54, 1.807) is 0 Å². The van der Waals surface area contributed by atoms with E-state index in [2.05, 4.69) is 10.1 Å². The fourth-order valence-electron chi connectivity index (χ4n) is 1.06. The standard InChI is InChI=1S/C10H10F3NO3.ClH/c1-6(9(15)16)14-7-2-4-8(5-3-7)17-10(11,12)13;/h2-6,14H,1H3,(H,15,16);1H/t6-;/m1./s1. The minimum Gasteiger partial charge on any atom is -0.480 e. The number of rotatable bonds is 4. The zero-order chi connectivity index (χ0) is 13.1. The SMILES string of the molecule is C[C@@H](Nc1ccc(OC(F)(F)F)cc1)C(=O)O.Cl. The van der Waals surface area contributed by atoms with Crippen LogP contribution in [0.3, 0.4) is 0 Å². The first-order chi connectivity index (χ1) is 7.78. The van der Waals surface area contributed by atoms with Gasteiger partial charge in [-0.2, -0.15) is 0 Å². The van der Waals surface area contributed by atoms with Crippen LogP contribution < -0.4 is 10.1 Å². The molecule has 0 saturated heterocycles. The van der Waals surface area contributed by atoms with Crippen LogP contribution in [0.15, 0.2) is 24.3 Å². The highest BCUT2D eigenvalue weighted by Gasteiger charge is 2.30. The van der Waals surface area contributed by atoms with Crippen molar-refractivity contribution in [2.75, 3.05) is 5.32 Å². The lowest BCUT2D eigenvalue weighted by atomic mass is 10.2. The molecule has 102 valence electrons. The van der Waals surface area contributed by atoms with E-state index >= 15 is 0 Å². The van der Waals surface area contributed by atoms with Gasteiger partial charge in [-0.1, -0.05) is 0 Å². The molecule has 0 saturated carbocycles. The third-order valence-electron chi connectivity index (χ3n) is 1.84. The Bertz CT molecular complexity index is 394. The first kappa shape index (κ1) is 16.4. The molecule has 0 aromatic heterocycles. The van der Waals surface area contributed by atoms with Crippen LogP contribution in [-0.4, -0.2) is 23.5 Å². The molecule has 0 aliphatic rings. The molecule has 0 spiro atoms. The third-order valence-corrected chi connectivity index (χ3v) is 1.84. The maximum Gasteiger partial charge on any atom is 0.573 e. The van der Waals surface area contributed by atoms with Crippen molar-refractivity contribution in [1.82, 2.24) is 0 Å². The average Bonchev–Trinajstić information content (AvgIpc) is 2.18. The zero-order valence-electron chi connectivity index (χ0n) is 9.19. The Balaban J connectivity index is 0.00000289. The molecule has 2 N–H and O–H groups in total. The molecule has 4 nitrogen and oxygen atoms in total. The lowest BCUT2D eigenvalue weighted by Crippen LogP contribution is -2.25. The summed E-state index contributed by atoms with van der Waals surface area (Å²) in [7, 11) is 0. The van der Waals surface area contributed by atoms with E-state index in [4.69, 9.17) is 5.11 Å². The van der Waals surface area contributed by atoms with Gasteiger partial charge in [-0.15, -0.1) is 25.6 Å². The van der Waals surface area contributed by atoms with Gasteiger partial charge in [-0.05, 0) is 31.2 Å². The summed E-state index contributed by atoms with van der Waals surface area (Å²) in [5, 5.41) is 11.2. The third kappa shape index (κ3) is 5.62. The van der Waals surface area contributed by atoms with Gasteiger partial charge in [-0.25, -0.2) is 0 Å². The number of carboxylic acid groups (broad SMARTS) is 1. The van der Waals surface area contributed by atoms with Crippen LogP contribution >= 0.6 is 12.4 Å². The van der Waals surface area contributed by atoms with Crippen LogP contribution in [0.25, 0.3) is 0 Å². The minimum absolute atomic E-state index is 0. The number of anilines is 1. The van der Waals surface area contributed by atoms with Crippen molar-refractivity contribution in [3.63, 3.8) is 0 Å². The van der Waals surface area contributed by atoms with E-state index in [9.17, 15) is 18.0 Å². The molecule has 0 unspecified atom stereocenters. The topological polar surface area (TPSA) is 58.6 Å². The number of benzene rings is 1. The van der Waals surface area contributed by atoms with Crippen LogP contribution in [0.4, 0.5) is 18.9 Å². The molecule has 0 radical (unpaired) electrons. The molecule has 0 heterocycles. The lowest BCUT2D eigenvalue weighted by Gasteiger charge is -2.12. The molecule has 8 heteroatoms. The van der Waals surface area contributed by atoms with Gasteiger partial charge in [0.15, 0.2) is 0 Å². The highest BCUT2D eigenvalue weighted by Crippen LogP contribution is 2.24. The summed E-state index contributed by atoms with van der Waals surface area (Å²) in [6.45, 7) is 1.42. The minimum atomic E-state index is -4.73. The number of nitrogens with one attached hydrogen (secondary N) is 1. The van der Waals surface area contributed by atoms with E-state index in [-0.39, 0.29) is 18.2 Å². The molecule has 18 heavy (non-hydrogen) atoms. The van der Waals surface area contributed by atoms with Crippen LogP contribution in [-0.2, 0) is 4.79 Å². The molecular formula is C10H11ClF3NO3. The molecular weight excluding hydrogens is 275 g/mol. The fraction of sp³-hybridized carbons (Fsp3) is 0.300. The van der Waals surface area contributed by atoms with E-state index in [1.807, 2.05) is 0 Å². The van der Waals surface area contributed by atoms with E-state index in [0.717, 1.165) is 12.1 Å². The molecule has 0 aliphatic carbocycles. The Kier molecular flexibility index (Phi) is 5.77. The van der Waals surface area contributed by atoms with Crippen molar-refractivity contribution in [2.24, 2.45) is 0 Å². The number of carbonyl (C=O) groups is 1. The van der Waals surface area contributed by atoms with Crippen molar-refractivity contribution >= 4 is 24.1 Å². The maximum atomic E-state index is 11.8. The molecule has 1 rings (SSSR count). The summed E-state index contributed by atoms with van der Waals surface area (Å²) in [5.74, 6) is -1.41. The summed E-state index contributed by atoms with van der Waals surface area (Å²) < 4.78 is 39.2. The van der Waals surface area contributed by atoms with Crippen molar-refractivity contribution in [3.05, 3.63) is 24.3 Å². The molecule has 0 fully saturated rings. The van der Waals surface area contributed by atoms with E-state index in [1.165, 1.54) is 19.1 Å². The second kappa shape index (κ2) is 6.34. The molecule has 0 amide bonds. The predicted molar refractivity (Wildman–Crippen MR) is 61.1 cm³/mol. The Morgan fingerprint density at radius 2 is 1.83 bits per heavy atom. The quantitative estimate of drug-likeness (QED) is 0.893. The highest BCUT2D eigenvalue weighted by molar-refractivity contribution is 5.85. The Labute approximate surface area is 107 Å². The second-order valence-corrected chi connectivity index (χ2v) is 3.28. The first-order valence-corrected chi connectivity index (χ1v) is 4.63. The molecule has 1 aromatic carbocycles. The number of hydrogen-bond donors (Lipinski definition) is 2. The number of aliphatic carboxylic acids is 1. The molecule has 0 bridgehead atoms. The van der Waals surface area contributed by atoms with E-state index in [0.29, 0.717) is 5.69 Å². The van der Waals surface area contributed by atoms with Crippen LogP contribution in [0, 0.1) is 0 Å². The average molecular weight is 286 g/mol. The van der Waals surface area contributed by atoms with Gasteiger partial charge in [0.1, 0.15) is 11.8 Å². The van der Waals surface area contributed by atoms with Crippen molar-refractivity contribution in [2.45, 2.75) is 19.3 Å².